The summed E-state index contributed by atoms with van der Waals surface area (Å²) in [6.07, 6.45) is 3.47. The quantitative estimate of drug-likeness (QED) is 0.662. The van der Waals surface area contributed by atoms with E-state index in [0.29, 0.717) is 0 Å². The van der Waals surface area contributed by atoms with Crippen molar-refractivity contribution in [2.45, 2.75) is 46.6 Å². The lowest BCUT2D eigenvalue weighted by molar-refractivity contribution is 0.541. The molecule has 2 aromatic rings. The van der Waals surface area contributed by atoms with E-state index in [1.54, 1.807) is 0 Å². The van der Waals surface area contributed by atoms with Crippen molar-refractivity contribution in [3.05, 3.63) is 23.3 Å². The number of aromatic nitrogens is 4. The van der Waals surface area contributed by atoms with E-state index in [2.05, 4.69) is 35.4 Å². The van der Waals surface area contributed by atoms with Gasteiger partial charge in [0.2, 0.25) is 0 Å². The zero-order valence-electron chi connectivity index (χ0n) is 11.8. The van der Waals surface area contributed by atoms with E-state index in [-0.39, 0.29) is 0 Å². The van der Waals surface area contributed by atoms with Crippen molar-refractivity contribution < 1.29 is 0 Å². The standard InChI is InChI=1S/C14H21N5/c1-4-5-6-7-19-14(16-17-18-19)12-9-13(15)11(3)8-10(12)2/h8-9H,4-7,15H2,1-3H3. The molecule has 2 N–H and O–H groups in total. The Morgan fingerprint density at radius 3 is 2.68 bits per heavy atom. The van der Waals surface area contributed by atoms with Crippen molar-refractivity contribution in [2.24, 2.45) is 0 Å². The van der Waals surface area contributed by atoms with Gasteiger partial charge in [0.25, 0.3) is 0 Å². The number of anilines is 1. The van der Waals surface area contributed by atoms with Crippen molar-refractivity contribution in [3.63, 3.8) is 0 Å². The highest BCUT2D eigenvalue weighted by Gasteiger charge is 2.12. The molecule has 0 aliphatic carbocycles. The highest BCUT2D eigenvalue weighted by atomic mass is 15.5. The number of tetrazole rings is 1. The summed E-state index contributed by atoms with van der Waals surface area (Å²) in [4.78, 5) is 0. The van der Waals surface area contributed by atoms with E-state index in [0.717, 1.165) is 41.2 Å². The van der Waals surface area contributed by atoms with Gasteiger partial charge in [-0.05, 0) is 47.9 Å². The van der Waals surface area contributed by atoms with Crippen LogP contribution in [0.3, 0.4) is 0 Å². The number of unbranched alkanes of at least 4 members (excludes halogenated alkanes) is 2. The van der Waals surface area contributed by atoms with Crippen LogP contribution >= 0.6 is 0 Å². The number of hydrogen-bond acceptors (Lipinski definition) is 4. The molecule has 0 atom stereocenters. The largest absolute Gasteiger partial charge is 0.398 e. The second kappa shape index (κ2) is 5.82. The zero-order valence-corrected chi connectivity index (χ0v) is 11.8. The van der Waals surface area contributed by atoms with Gasteiger partial charge in [-0.3, -0.25) is 0 Å². The summed E-state index contributed by atoms with van der Waals surface area (Å²) < 4.78 is 1.87. The lowest BCUT2D eigenvalue weighted by atomic mass is 10.0. The van der Waals surface area contributed by atoms with Crippen LogP contribution in [0.25, 0.3) is 11.4 Å². The van der Waals surface area contributed by atoms with Crippen LogP contribution in [0.1, 0.15) is 37.3 Å². The molecule has 5 heteroatoms. The summed E-state index contributed by atoms with van der Waals surface area (Å²) in [5.41, 5.74) is 10.0. The molecular weight excluding hydrogens is 238 g/mol. The van der Waals surface area contributed by atoms with Crippen LogP contribution in [0.5, 0.6) is 0 Å². The van der Waals surface area contributed by atoms with Gasteiger partial charge < -0.3 is 5.73 Å². The number of aryl methyl sites for hydroxylation is 3. The van der Waals surface area contributed by atoms with Gasteiger partial charge in [-0.25, -0.2) is 4.68 Å². The molecule has 2 rings (SSSR count). The van der Waals surface area contributed by atoms with Crippen molar-refractivity contribution in [1.29, 1.82) is 0 Å². The number of nitrogens with zero attached hydrogens (tertiary/aromatic N) is 4. The second-order valence-electron chi connectivity index (χ2n) is 4.96. The molecule has 0 bridgehead atoms. The third-order valence-electron chi connectivity index (χ3n) is 3.36. The lowest BCUT2D eigenvalue weighted by Gasteiger charge is -2.09. The van der Waals surface area contributed by atoms with Gasteiger partial charge in [-0.15, -0.1) is 5.10 Å². The van der Waals surface area contributed by atoms with Gasteiger partial charge in [0, 0.05) is 17.8 Å². The van der Waals surface area contributed by atoms with Gasteiger partial charge in [0.05, 0.1) is 0 Å². The Kier molecular flexibility index (Phi) is 4.14. The number of nitrogens with two attached hydrogens (primary N) is 1. The first-order chi connectivity index (χ1) is 9.13. The van der Waals surface area contributed by atoms with Crippen molar-refractivity contribution in [3.8, 4) is 11.4 Å². The molecule has 0 radical (unpaired) electrons. The van der Waals surface area contributed by atoms with Crippen LogP contribution in [0.15, 0.2) is 12.1 Å². The Bertz CT molecular complexity index is 559. The molecule has 1 heterocycles. The molecule has 0 saturated heterocycles. The molecule has 0 aliphatic rings. The maximum absolute atomic E-state index is 5.99. The van der Waals surface area contributed by atoms with E-state index in [1.165, 1.54) is 12.8 Å². The fourth-order valence-corrected chi connectivity index (χ4v) is 2.17. The summed E-state index contributed by atoms with van der Waals surface area (Å²) in [7, 11) is 0. The van der Waals surface area contributed by atoms with Crippen LogP contribution in [0.4, 0.5) is 5.69 Å². The summed E-state index contributed by atoms with van der Waals surface area (Å²) in [5.74, 6) is 0.806. The molecule has 19 heavy (non-hydrogen) atoms. The fraction of sp³-hybridized carbons (Fsp3) is 0.500. The maximum atomic E-state index is 5.99. The minimum Gasteiger partial charge on any atom is -0.398 e. The van der Waals surface area contributed by atoms with Gasteiger partial charge in [-0.1, -0.05) is 25.8 Å². The molecule has 102 valence electrons. The Labute approximate surface area is 113 Å². The van der Waals surface area contributed by atoms with Gasteiger partial charge >= 0.3 is 0 Å². The topological polar surface area (TPSA) is 69.6 Å². The average Bonchev–Trinajstić information content (AvgIpc) is 2.82. The fourth-order valence-electron chi connectivity index (χ4n) is 2.17. The van der Waals surface area contributed by atoms with E-state index in [4.69, 9.17) is 5.73 Å². The number of hydrogen-bond donors (Lipinski definition) is 1. The first kappa shape index (κ1) is 13.5. The highest BCUT2D eigenvalue weighted by molar-refractivity contribution is 5.67. The molecule has 1 aromatic carbocycles. The molecule has 1 aromatic heterocycles. The summed E-state index contributed by atoms with van der Waals surface area (Å²) in [6, 6.07) is 4.04. The average molecular weight is 259 g/mol. The Morgan fingerprint density at radius 2 is 1.95 bits per heavy atom. The third-order valence-corrected chi connectivity index (χ3v) is 3.36. The van der Waals surface area contributed by atoms with Crippen LogP contribution in [-0.4, -0.2) is 20.2 Å². The van der Waals surface area contributed by atoms with E-state index in [1.807, 2.05) is 17.7 Å². The summed E-state index contributed by atoms with van der Waals surface area (Å²) in [6.45, 7) is 7.11. The van der Waals surface area contributed by atoms with Gasteiger partial charge in [-0.2, -0.15) is 0 Å². The predicted molar refractivity (Wildman–Crippen MR) is 76.7 cm³/mol. The first-order valence-corrected chi connectivity index (χ1v) is 6.76. The molecule has 0 saturated carbocycles. The number of nitrogen functional groups attached to an aromatic ring is 1. The first-order valence-electron chi connectivity index (χ1n) is 6.76. The molecular formula is C14H21N5. The molecule has 0 fully saturated rings. The second-order valence-corrected chi connectivity index (χ2v) is 4.96. The normalized spacial score (nSPS) is 10.9. The Morgan fingerprint density at radius 1 is 1.16 bits per heavy atom. The zero-order chi connectivity index (χ0) is 13.8. The maximum Gasteiger partial charge on any atom is 0.182 e. The SMILES string of the molecule is CCCCCn1nnnc1-c1cc(N)c(C)cc1C. The van der Waals surface area contributed by atoms with E-state index < -0.39 is 0 Å². The summed E-state index contributed by atoms with van der Waals surface area (Å²) >= 11 is 0. The molecule has 0 spiro atoms. The number of benzene rings is 1. The Hall–Kier alpha value is -1.91. The lowest BCUT2D eigenvalue weighted by Crippen LogP contribution is -2.04. The Balaban J connectivity index is 2.32. The smallest absolute Gasteiger partial charge is 0.182 e. The summed E-state index contributed by atoms with van der Waals surface area (Å²) in [5, 5.41) is 12.0. The highest BCUT2D eigenvalue weighted by Crippen LogP contribution is 2.26. The van der Waals surface area contributed by atoms with Crippen LogP contribution < -0.4 is 5.73 Å². The van der Waals surface area contributed by atoms with Crippen molar-refractivity contribution in [1.82, 2.24) is 20.2 Å². The molecule has 0 aliphatic heterocycles. The van der Waals surface area contributed by atoms with E-state index >= 15 is 0 Å². The van der Waals surface area contributed by atoms with Crippen LogP contribution in [0.2, 0.25) is 0 Å². The van der Waals surface area contributed by atoms with Gasteiger partial charge in [0.15, 0.2) is 5.82 Å². The predicted octanol–water partition coefficient (Wildman–Crippen LogP) is 2.73. The van der Waals surface area contributed by atoms with Crippen molar-refractivity contribution in [2.75, 3.05) is 5.73 Å². The van der Waals surface area contributed by atoms with Gasteiger partial charge in [0.1, 0.15) is 0 Å². The van der Waals surface area contributed by atoms with E-state index in [9.17, 15) is 0 Å². The van der Waals surface area contributed by atoms with Crippen LogP contribution in [-0.2, 0) is 6.54 Å². The third kappa shape index (κ3) is 2.92. The monoisotopic (exact) mass is 259 g/mol. The molecule has 5 nitrogen and oxygen atoms in total. The number of rotatable bonds is 5. The minimum atomic E-state index is 0.781. The van der Waals surface area contributed by atoms with Crippen molar-refractivity contribution >= 4 is 5.69 Å². The minimum absolute atomic E-state index is 0.781. The molecule has 0 unspecified atom stereocenters. The van der Waals surface area contributed by atoms with Crippen LogP contribution in [0, 0.1) is 13.8 Å². The molecule has 0 amide bonds.